The number of aliphatic hydroxyl groups is 3. The molecule has 0 radical (unpaired) electrons. The van der Waals surface area contributed by atoms with Crippen molar-refractivity contribution in [2.75, 3.05) is 13.2 Å². The second-order valence-corrected chi connectivity index (χ2v) is 12.8. The second-order valence-electron chi connectivity index (χ2n) is 12.8. The van der Waals surface area contributed by atoms with Crippen LogP contribution in [-0.2, 0) is 9.53 Å². The van der Waals surface area contributed by atoms with Crippen LogP contribution in [-0.4, -0.2) is 64.1 Å². The molecule has 1 unspecified atom stereocenters. The summed E-state index contributed by atoms with van der Waals surface area (Å²) < 4.78 is 4.89. The van der Waals surface area contributed by atoms with Crippen molar-refractivity contribution in [2.24, 2.45) is 5.41 Å². The van der Waals surface area contributed by atoms with Crippen LogP contribution in [0.1, 0.15) is 115 Å². The van der Waals surface area contributed by atoms with Crippen LogP contribution in [0.3, 0.4) is 0 Å². The molecule has 268 valence electrons. The SMILES string of the molecule is O=C(CCCCCCC/C=C\C[C@H](O)CCCCCC(C(=O)c1ccccc1)(C(=O)c1ccccc1)C(=O)c1ccccc1)OCC(O)CO. The summed E-state index contributed by atoms with van der Waals surface area (Å²) >= 11 is 0. The quantitative estimate of drug-likeness (QED) is 0.0274. The number of benzene rings is 3. The maximum Gasteiger partial charge on any atom is 0.305 e. The van der Waals surface area contributed by atoms with Crippen LogP contribution >= 0.6 is 0 Å². The van der Waals surface area contributed by atoms with E-state index in [4.69, 9.17) is 9.84 Å². The average molecular weight is 685 g/mol. The van der Waals surface area contributed by atoms with Crippen molar-refractivity contribution < 1.29 is 39.2 Å². The highest BCUT2D eigenvalue weighted by Gasteiger charge is 2.52. The molecular formula is C42H52O8. The molecule has 0 aliphatic rings. The van der Waals surface area contributed by atoms with E-state index in [1.165, 1.54) is 0 Å². The van der Waals surface area contributed by atoms with Crippen molar-refractivity contribution >= 4 is 23.3 Å². The molecule has 0 aliphatic carbocycles. The van der Waals surface area contributed by atoms with Gasteiger partial charge in [0.2, 0.25) is 0 Å². The first-order valence-electron chi connectivity index (χ1n) is 17.9. The minimum atomic E-state index is -1.91. The van der Waals surface area contributed by atoms with Gasteiger partial charge in [0.1, 0.15) is 12.7 Å². The first kappa shape index (κ1) is 40.2. The van der Waals surface area contributed by atoms with Crippen molar-refractivity contribution in [1.29, 1.82) is 0 Å². The Balaban J connectivity index is 1.48. The fourth-order valence-electron chi connectivity index (χ4n) is 5.97. The van der Waals surface area contributed by atoms with E-state index in [2.05, 4.69) is 6.08 Å². The molecule has 3 aromatic carbocycles. The van der Waals surface area contributed by atoms with Gasteiger partial charge in [0.05, 0.1) is 12.7 Å². The minimum absolute atomic E-state index is 0.0665. The Morgan fingerprint density at radius 2 is 1.08 bits per heavy atom. The van der Waals surface area contributed by atoms with Gasteiger partial charge < -0.3 is 20.1 Å². The fourth-order valence-corrected chi connectivity index (χ4v) is 5.97. The Labute approximate surface area is 296 Å². The molecular weight excluding hydrogens is 632 g/mol. The third-order valence-corrected chi connectivity index (χ3v) is 8.83. The molecule has 0 heterocycles. The van der Waals surface area contributed by atoms with Crippen LogP contribution in [0.25, 0.3) is 0 Å². The molecule has 3 N–H and O–H groups in total. The first-order chi connectivity index (χ1) is 24.3. The molecule has 8 heteroatoms. The molecule has 3 rings (SSSR count). The zero-order valence-electron chi connectivity index (χ0n) is 29.0. The molecule has 0 saturated carbocycles. The minimum Gasteiger partial charge on any atom is -0.463 e. The molecule has 2 atom stereocenters. The lowest BCUT2D eigenvalue weighted by Gasteiger charge is -2.30. The number of unbranched alkanes of at least 4 members (excludes halogenated alkanes) is 7. The number of esters is 1. The number of carbonyl (C=O) groups excluding carboxylic acids is 4. The van der Waals surface area contributed by atoms with Gasteiger partial charge in [-0.05, 0) is 38.5 Å². The molecule has 8 nitrogen and oxygen atoms in total. The van der Waals surface area contributed by atoms with Gasteiger partial charge in [-0.2, -0.15) is 0 Å². The molecule has 0 aliphatic heterocycles. The third-order valence-electron chi connectivity index (χ3n) is 8.83. The Morgan fingerprint density at radius 1 is 0.600 bits per heavy atom. The van der Waals surface area contributed by atoms with E-state index in [1.54, 1.807) is 91.0 Å². The summed E-state index contributed by atoms with van der Waals surface area (Å²) in [6.45, 7) is -0.607. The van der Waals surface area contributed by atoms with E-state index in [-0.39, 0.29) is 19.0 Å². The summed E-state index contributed by atoms with van der Waals surface area (Å²) in [5.74, 6) is -1.85. The topological polar surface area (TPSA) is 138 Å². The fraction of sp³-hybridized carbons (Fsp3) is 0.429. The summed E-state index contributed by atoms with van der Waals surface area (Å²) in [4.78, 5) is 54.4. The van der Waals surface area contributed by atoms with Crippen LogP contribution in [0.15, 0.2) is 103 Å². The number of hydrogen-bond donors (Lipinski definition) is 3. The van der Waals surface area contributed by atoms with Gasteiger partial charge in [-0.1, -0.05) is 142 Å². The Kier molecular flexibility index (Phi) is 18.1. The van der Waals surface area contributed by atoms with Gasteiger partial charge >= 0.3 is 5.97 Å². The Morgan fingerprint density at radius 3 is 1.60 bits per heavy atom. The van der Waals surface area contributed by atoms with Crippen molar-refractivity contribution in [3.05, 3.63) is 120 Å². The Hall–Kier alpha value is -4.24. The number of allylic oxidation sites excluding steroid dienone is 1. The Bertz CT molecular complexity index is 1340. The summed E-state index contributed by atoms with van der Waals surface area (Å²) in [7, 11) is 0. The van der Waals surface area contributed by atoms with Gasteiger partial charge in [0.15, 0.2) is 22.8 Å². The number of aliphatic hydroxyl groups excluding tert-OH is 3. The average Bonchev–Trinajstić information content (AvgIpc) is 3.16. The molecule has 0 bridgehead atoms. The second kappa shape index (κ2) is 22.5. The molecule has 0 fully saturated rings. The normalized spacial score (nSPS) is 12.8. The van der Waals surface area contributed by atoms with Gasteiger partial charge in [0.25, 0.3) is 0 Å². The van der Waals surface area contributed by atoms with Crippen LogP contribution in [0.4, 0.5) is 0 Å². The molecule has 0 saturated heterocycles. The van der Waals surface area contributed by atoms with Crippen molar-refractivity contribution in [2.45, 2.75) is 95.7 Å². The van der Waals surface area contributed by atoms with Crippen molar-refractivity contribution in [1.82, 2.24) is 0 Å². The smallest absolute Gasteiger partial charge is 0.305 e. The van der Waals surface area contributed by atoms with E-state index in [0.29, 0.717) is 55.2 Å². The van der Waals surface area contributed by atoms with Crippen LogP contribution < -0.4 is 0 Å². The van der Waals surface area contributed by atoms with Crippen LogP contribution in [0.2, 0.25) is 0 Å². The highest BCUT2D eigenvalue weighted by atomic mass is 16.5. The lowest BCUT2D eigenvalue weighted by molar-refractivity contribution is -0.147. The molecule has 0 amide bonds. The third kappa shape index (κ3) is 12.9. The molecule has 0 spiro atoms. The number of ether oxygens (including phenoxy) is 1. The zero-order chi connectivity index (χ0) is 36.0. The maximum absolute atomic E-state index is 14.3. The van der Waals surface area contributed by atoms with Crippen LogP contribution in [0, 0.1) is 5.41 Å². The van der Waals surface area contributed by atoms with E-state index in [1.807, 2.05) is 6.08 Å². The summed E-state index contributed by atoms with van der Waals surface area (Å²) in [6, 6.07) is 25.7. The number of carbonyl (C=O) groups is 4. The van der Waals surface area contributed by atoms with E-state index in [9.17, 15) is 29.4 Å². The van der Waals surface area contributed by atoms with Crippen molar-refractivity contribution in [3.63, 3.8) is 0 Å². The highest BCUT2D eigenvalue weighted by Crippen LogP contribution is 2.38. The summed E-state index contributed by atoms with van der Waals surface area (Å²) in [6.07, 6.45) is 11.5. The summed E-state index contributed by atoms with van der Waals surface area (Å²) in [5.41, 5.74) is -0.961. The molecule has 50 heavy (non-hydrogen) atoms. The number of rotatable bonds is 25. The standard InChI is InChI=1S/C42H52O8/c43-31-37(45)32-50-38(46)29-19-6-4-2-1-3-5-17-27-36(44)28-18-10-20-30-42(39(47)33-21-11-7-12-22-33,40(48)34-23-13-8-14-24-34)41(49)35-25-15-9-16-26-35/h5,7-9,11-17,21-26,36-37,43-45H,1-4,6,10,18-20,27-32H2/b17-5-/t36-,37?/m0/s1. The predicted octanol–water partition coefficient (Wildman–Crippen LogP) is 7.51. The highest BCUT2D eigenvalue weighted by molar-refractivity contribution is 6.35. The zero-order valence-corrected chi connectivity index (χ0v) is 29.0. The predicted molar refractivity (Wildman–Crippen MR) is 194 cm³/mol. The number of hydrogen-bond acceptors (Lipinski definition) is 8. The van der Waals surface area contributed by atoms with E-state index < -0.39 is 41.6 Å². The van der Waals surface area contributed by atoms with Crippen molar-refractivity contribution in [3.8, 4) is 0 Å². The van der Waals surface area contributed by atoms with Gasteiger partial charge in [0, 0.05) is 23.1 Å². The monoisotopic (exact) mass is 684 g/mol. The number of ketones is 3. The maximum atomic E-state index is 14.3. The number of Topliss-reactive ketones (excluding diaryl/α,β-unsaturated/α-hetero) is 3. The largest absolute Gasteiger partial charge is 0.463 e. The van der Waals surface area contributed by atoms with E-state index >= 15 is 0 Å². The lowest BCUT2D eigenvalue weighted by atomic mass is 9.66. The summed E-state index contributed by atoms with van der Waals surface area (Å²) in [5, 5.41) is 28.5. The molecule has 3 aromatic rings. The first-order valence-corrected chi connectivity index (χ1v) is 17.9. The van der Waals surface area contributed by atoms with Gasteiger partial charge in [-0.15, -0.1) is 0 Å². The van der Waals surface area contributed by atoms with Crippen LogP contribution in [0.5, 0.6) is 0 Å². The van der Waals surface area contributed by atoms with E-state index in [0.717, 1.165) is 38.5 Å². The van der Waals surface area contributed by atoms with Gasteiger partial charge in [-0.25, -0.2) is 0 Å². The van der Waals surface area contributed by atoms with Gasteiger partial charge in [-0.3, -0.25) is 19.2 Å². The lowest BCUT2D eigenvalue weighted by Crippen LogP contribution is -2.46. The molecule has 0 aromatic heterocycles.